The summed E-state index contributed by atoms with van der Waals surface area (Å²) >= 11 is 0. The Kier molecular flexibility index (Phi) is 7.57. The molecule has 0 saturated carbocycles. The summed E-state index contributed by atoms with van der Waals surface area (Å²) in [5.41, 5.74) is 1.98. The van der Waals surface area contributed by atoms with E-state index in [9.17, 15) is 13.2 Å². The SMILES string of the molecule is CC(C)[C@@H](CNC(=O)c1cccc(S(=O)(=O)NCc2ccc3c(c2)OCO3)c1)Nc1ccccc1. The highest BCUT2D eigenvalue weighted by atomic mass is 32.2. The van der Waals surface area contributed by atoms with Gasteiger partial charge in [0.1, 0.15) is 0 Å². The Morgan fingerprint density at radius 2 is 1.71 bits per heavy atom. The van der Waals surface area contributed by atoms with E-state index in [0.29, 0.717) is 18.0 Å². The van der Waals surface area contributed by atoms with Crippen LogP contribution in [-0.4, -0.2) is 33.7 Å². The Morgan fingerprint density at radius 1 is 0.943 bits per heavy atom. The zero-order valence-electron chi connectivity index (χ0n) is 19.7. The van der Waals surface area contributed by atoms with Crippen LogP contribution < -0.4 is 24.8 Å². The Hall–Kier alpha value is -3.56. The number of benzene rings is 3. The molecule has 0 fully saturated rings. The summed E-state index contributed by atoms with van der Waals surface area (Å²) in [5.74, 6) is 1.15. The number of sulfonamides is 1. The van der Waals surface area contributed by atoms with Crippen molar-refractivity contribution in [2.24, 2.45) is 5.92 Å². The number of para-hydroxylation sites is 1. The number of hydrogen-bond donors (Lipinski definition) is 3. The molecule has 9 heteroatoms. The zero-order chi connectivity index (χ0) is 24.8. The molecule has 0 radical (unpaired) electrons. The Morgan fingerprint density at radius 3 is 2.49 bits per heavy atom. The third-order valence-corrected chi connectivity index (χ3v) is 7.12. The molecule has 0 unspecified atom stereocenters. The summed E-state index contributed by atoms with van der Waals surface area (Å²) in [6.07, 6.45) is 0. The highest BCUT2D eigenvalue weighted by molar-refractivity contribution is 7.89. The molecule has 1 aliphatic heterocycles. The summed E-state index contributed by atoms with van der Waals surface area (Å²) in [5, 5.41) is 6.35. The second-order valence-corrected chi connectivity index (χ2v) is 10.4. The van der Waals surface area contributed by atoms with Crippen molar-refractivity contribution in [2.75, 3.05) is 18.7 Å². The van der Waals surface area contributed by atoms with E-state index in [1.165, 1.54) is 12.1 Å². The molecule has 0 spiro atoms. The minimum absolute atomic E-state index is 0.0108. The van der Waals surface area contributed by atoms with Gasteiger partial charge in [-0.2, -0.15) is 0 Å². The van der Waals surface area contributed by atoms with Gasteiger partial charge in [-0.15, -0.1) is 0 Å². The van der Waals surface area contributed by atoms with E-state index >= 15 is 0 Å². The predicted octanol–water partition coefficient (Wildman–Crippen LogP) is 3.76. The molecule has 0 aromatic heterocycles. The predicted molar refractivity (Wildman–Crippen MR) is 134 cm³/mol. The van der Waals surface area contributed by atoms with Gasteiger partial charge in [0.25, 0.3) is 5.91 Å². The fourth-order valence-corrected chi connectivity index (χ4v) is 4.69. The largest absolute Gasteiger partial charge is 0.454 e. The van der Waals surface area contributed by atoms with Crippen molar-refractivity contribution >= 4 is 21.6 Å². The van der Waals surface area contributed by atoms with Crippen molar-refractivity contribution in [1.29, 1.82) is 0 Å². The van der Waals surface area contributed by atoms with Crippen LogP contribution in [0.15, 0.2) is 77.7 Å². The molecule has 3 N–H and O–H groups in total. The van der Waals surface area contributed by atoms with E-state index in [0.717, 1.165) is 11.3 Å². The summed E-state index contributed by atoms with van der Waals surface area (Å²) in [6.45, 7) is 4.78. The number of hydrogen-bond acceptors (Lipinski definition) is 6. The second-order valence-electron chi connectivity index (χ2n) is 8.61. The molecule has 0 bridgehead atoms. The normalized spacial score (nSPS) is 13.5. The van der Waals surface area contributed by atoms with Crippen LogP contribution in [0.4, 0.5) is 5.69 Å². The fraction of sp³-hybridized carbons (Fsp3) is 0.269. The van der Waals surface area contributed by atoms with Crippen molar-refractivity contribution in [3.8, 4) is 11.5 Å². The molecule has 184 valence electrons. The topological polar surface area (TPSA) is 106 Å². The summed E-state index contributed by atoms with van der Waals surface area (Å²) in [7, 11) is -3.83. The first-order valence-electron chi connectivity index (χ1n) is 11.4. The van der Waals surface area contributed by atoms with Crippen LogP contribution in [0.3, 0.4) is 0 Å². The molecular formula is C26H29N3O5S. The van der Waals surface area contributed by atoms with Crippen molar-refractivity contribution in [3.63, 3.8) is 0 Å². The highest BCUT2D eigenvalue weighted by Gasteiger charge is 2.19. The molecule has 0 aliphatic carbocycles. The molecule has 3 aromatic carbocycles. The first-order valence-corrected chi connectivity index (χ1v) is 12.9. The van der Waals surface area contributed by atoms with E-state index in [-0.39, 0.29) is 41.7 Å². The molecule has 1 heterocycles. The maximum atomic E-state index is 12.9. The summed E-state index contributed by atoms with van der Waals surface area (Å²) in [6, 6.07) is 21.1. The van der Waals surface area contributed by atoms with Crippen molar-refractivity contribution < 1.29 is 22.7 Å². The van der Waals surface area contributed by atoms with Gasteiger partial charge < -0.3 is 20.1 Å². The lowest BCUT2D eigenvalue weighted by Gasteiger charge is -2.24. The van der Waals surface area contributed by atoms with Gasteiger partial charge in [0.2, 0.25) is 16.8 Å². The van der Waals surface area contributed by atoms with Gasteiger partial charge in [0.15, 0.2) is 11.5 Å². The third kappa shape index (κ3) is 6.32. The number of anilines is 1. The quantitative estimate of drug-likeness (QED) is 0.396. The van der Waals surface area contributed by atoms with Crippen LogP contribution in [0.5, 0.6) is 11.5 Å². The minimum Gasteiger partial charge on any atom is -0.454 e. The Bertz CT molecular complexity index is 1280. The first-order chi connectivity index (χ1) is 16.8. The third-order valence-electron chi connectivity index (χ3n) is 5.72. The fourth-order valence-electron chi connectivity index (χ4n) is 3.62. The maximum Gasteiger partial charge on any atom is 0.251 e. The van der Waals surface area contributed by atoms with Gasteiger partial charge in [-0.05, 0) is 53.9 Å². The van der Waals surface area contributed by atoms with E-state index in [4.69, 9.17) is 9.47 Å². The van der Waals surface area contributed by atoms with Crippen LogP contribution in [0.25, 0.3) is 0 Å². The molecule has 8 nitrogen and oxygen atoms in total. The molecule has 1 atom stereocenters. The van der Waals surface area contributed by atoms with Crippen molar-refractivity contribution in [2.45, 2.75) is 31.3 Å². The number of amides is 1. The summed E-state index contributed by atoms with van der Waals surface area (Å²) in [4.78, 5) is 12.8. The van der Waals surface area contributed by atoms with Crippen LogP contribution in [0, 0.1) is 5.92 Å². The van der Waals surface area contributed by atoms with Crippen LogP contribution in [-0.2, 0) is 16.6 Å². The zero-order valence-corrected chi connectivity index (χ0v) is 20.5. The first kappa shape index (κ1) is 24.6. The molecule has 4 rings (SSSR count). The Balaban J connectivity index is 1.38. The average Bonchev–Trinajstić information content (AvgIpc) is 3.34. The number of ether oxygens (including phenoxy) is 2. The Labute approximate surface area is 205 Å². The van der Waals surface area contributed by atoms with Crippen LogP contribution in [0.1, 0.15) is 29.8 Å². The number of fused-ring (bicyclic) bond motifs is 1. The van der Waals surface area contributed by atoms with Crippen molar-refractivity contribution in [1.82, 2.24) is 10.0 Å². The number of nitrogens with one attached hydrogen (secondary N) is 3. The van der Waals surface area contributed by atoms with Gasteiger partial charge in [0.05, 0.1) is 4.90 Å². The highest BCUT2D eigenvalue weighted by Crippen LogP contribution is 2.32. The lowest BCUT2D eigenvalue weighted by molar-refractivity contribution is 0.0950. The van der Waals surface area contributed by atoms with Crippen LogP contribution in [0.2, 0.25) is 0 Å². The molecule has 3 aromatic rings. The standard InChI is InChI=1S/C26H29N3O5S/c1-18(2)23(29-21-8-4-3-5-9-21)16-27-26(30)20-7-6-10-22(14-20)35(31,32)28-15-19-11-12-24-25(13-19)34-17-33-24/h3-14,18,23,28-29H,15-17H2,1-2H3,(H,27,30)/t23-/m1/s1. The minimum atomic E-state index is -3.83. The number of carbonyl (C=O) groups is 1. The molecular weight excluding hydrogens is 466 g/mol. The van der Waals surface area contributed by atoms with E-state index in [1.807, 2.05) is 30.3 Å². The monoisotopic (exact) mass is 495 g/mol. The molecule has 1 aliphatic rings. The van der Waals surface area contributed by atoms with Gasteiger partial charge in [-0.1, -0.05) is 44.2 Å². The lowest BCUT2D eigenvalue weighted by atomic mass is 10.0. The van der Waals surface area contributed by atoms with Gasteiger partial charge in [-0.25, -0.2) is 13.1 Å². The smallest absolute Gasteiger partial charge is 0.251 e. The van der Waals surface area contributed by atoms with Gasteiger partial charge in [0, 0.05) is 30.4 Å². The maximum absolute atomic E-state index is 12.9. The van der Waals surface area contributed by atoms with E-state index in [2.05, 4.69) is 29.2 Å². The molecule has 35 heavy (non-hydrogen) atoms. The van der Waals surface area contributed by atoms with Crippen molar-refractivity contribution in [3.05, 3.63) is 83.9 Å². The number of carbonyl (C=O) groups excluding carboxylic acids is 1. The number of rotatable bonds is 10. The van der Waals surface area contributed by atoms with E-state index in [1.54, 1.807) is 30.3 Å². The van der Waals surface area contributed by atoms with Crippen LogP contribution >= 0.6 is 0 Å². The second kappa shape index (κ2) is 10.8. The van der Waals surface area contributed by atoms with Gasteiger partial charge in [-0.3, -0.25) is 4.79 Å². The van der Waals surface area contributed by atoms with Gasteiger partial charge >= 0.3 is 0 Å². The van der Waals surface area contributed by atoms with E-state index < -0.39 is 10.0 Å². The molecule has 1 amide bonds. The molecule has 0 saturated heterocycles. The lowest BCUT2D eigenvalue weighted by Crippen LogP contribution is -2.39. The summed E-state index contributed by atoms with van der Waals surface area (Å²) < 4.78 is 38.9. The average molecular weight is 496 g/mol.